The van der Waals surface area contributed by atoms with Crippen LogP contribution in [0.25, 0.3) is 0 Å². The van der Waals surface area contributed by atoms with Gasteiger partial charge in [0, 0.05) is 10.7 Å². The van der Waals surface area contributed by atoms with Crippen molar-refractivity contribution in [1.82, 2.24) is 10.3 Å². The third-order valence-corrected chi connectivity index (χ3v) is 3.37. The van der Waals surface area contributed by atoms with Gasteiger partial charge in [0.15, 0.2) is 5.82 Å². The first-order valence-corrected chi connectivity index (χ1v) is 6.69. The van der Waals surface area contributed by atoms with Crippen LogP contribution in [-0.2, 0) is 0 Å². The van der Waals surface area contributed by atoms with Crippen molar-refractivity contribution in [1.29, 1.82) is 0 Å². The van der Waals surface area contributed by atoms with E-state index < -0.39 is 5.82 Å². The van der Waals surface area contributed by atoms with E-state index >= 15 is 0 Å². The summed E-state index contributed by atoms with van der Waals surface area (Å²) in [4.78, 5) is 3.90. The van der Waals surface area contributed by atoms with Crippen LogP contribution in [0.1, 0.15) is 19.3 Å². The molecule has 1 aliphatic rings. The standard InChI is InChI=1S/C12H16BrFN2O/c13-10-6-11(14)12(16-8-10)17-5-3-9-2-1-4-15-7-9/h6,8-9,15H,1-5,7H2. The summed E-state index contributed by atoms with van der Waals surface area (Å²) in [6, 6.07) is 1.37. The Bertz CT molecular complexity index is 370. The molecule has 1 aliphatic heterocycles. The van der Waals surface area contributed by atoms with Crippen LogP contribution in [0.2, 0.25) is 0 Å². The highest BCUT2D eigenvalue weighted by Crippen LogP contribution is 2.19. The molecule has 0 saturated carbocycles. The zero-order chi connectivity index (χ0) is 12.1. The highest BCUT2D eigenvalue weighted by atomic mass is 79.9. The average molecular weight is 303 g/mol. The van der Waals surface area contributed by atoms with Crippen LogP contribution in [-0.4, -0.2) is 24.7 Å². The Morgan fingerprint density at radius 3 is 3.18 bits per heavy atom. The molecule has 0 aromatic carbocycles. The summed E-state index contributed by atoms with van der Waals surface area (Å²) >= 11 is 3.16. The molecule has 0 amide bonds. The number of nitrogens with zero attached hydrogens (tertiary/aromatic N) is 1. The van der Waals surface area contributed by atoms with Crippen LogP contribution >= 0.6 is 15.9 Å². The molecule has 0 aliphatic carbocycles. The maximum Gasteiger partial charge on any atom is 0.250 e. The van der Waals surface area contributed by atoms with E-state index in [9.17, 15) is 4.39 Å². The van der Waals surface area contributed by atoms with Gasteiger partial charge >= 0.3 is 0 Å². The fraction of sp³-hybridized carbons (Fsp3) is 0.583. The minimum Gasteiger partial charge on any atom is -0.476 e. The fourth-order valence-electron chi connectivity index (χ4n) is 2.00. The van der Waals surface area contributed by atoms with Crippen molar-refractivity contribution in [2.75, 3.05) is 19.7 Å². The number of pyridine rings is 1. The second kappa shape index (κ2) is 6.31. The predicted octanol–water partition coefficient (Wildman–Crippen LogP) is 2.75. The minimum absolute atomic E-state index is 0.0944. The van der Waals surface area contributed by atoms with E-state index in [-0.39, 0.29) is 5.88 Å². The number of hydrogen-bond donors (Lipinski definition) is 1. The highest BCUT2D eigenvalue weighted by molar-refractivity contribution is 9.10. The van der Waals surface area contributed by atoms with Gasteiger partial charge in [-0.1, -0.05) is 0 Å². The summed E-state index contributed by atoms with van der Waals surface area (Å²) in [6.07, 6.45) is 4.94. The number of piperidine rings is 1. The molecule has 94 valence electrons. The lowest BCUT2D eigenvalue weighted by molar-refractivity contribution is 0.238. The Hall–Kier alpha value is -0.680. The quantitative estimate of drug-likeness (QED) is 0.928. The van der Waals surface area contributed by atoms with E-state index in [0.29, 0.717) is 17.0 Å². The van der Waals surface area contributed by atoms with Crippen molar-refractivity contribution in [3.05, 3.63) is 22.6 Å². The lowest BCUT2D eigenvalue weighted by Crippen LogP contribution is -2.30. The van der Waals surface area contributed by atoms with Crippen molar-refractivity contribution < 1.29 is 9.13 Å². The third kappa shape index (κ3) is 3.92. The second-order valence-corrected chi connectivity index (χ2v) is 5.21. The molecular weight excluding hydrogens is 287 g/mol. The lowest BCUT2D eigenvalue weighted by Gasteiger charge is -2.22. The average Bonchev–Trinajstić information content (AvgIpc) is 2.33. The molecule has 3 nitrogen and oxygen atoms in total. The Kier molecular flexibility index (Phi) is 4.74. The van der Waals surface area contributed by atoms with Gasteiger partial charge in [-0.3, -0.25) is 0 Å². The Balaban J connectivity index is 1.77. The van der Waals surface area contributed by atoms with Crippen LogP contribution in [0.3, 0.4) is 0 Å². The van der Waals surface area contributed by atoms with Gasteiger partial charge in [0.05, 0.1) is 6.61 Å². The third-order valence-electron chi connectivity index (χ3n) is 2.94. The van der Waals surface area contributed by atoms with E-state index in [2.05, 4.69) is 26.2 Å². The van der Waals surface area contributed by atoms with Crippen LogP contribution in [0.5, 0.6) is 5.88 Å². The molecule has 0 radical (unpaired) electrons. The number of nitrogens with one attached hydrogen (secondary N) is 1. The smallest absolute Gasteiger partial charge is 0.250 e. The Morgan fingerprint density at radius 1 is 1.59 bits per heavy atom. The van der Waals surface area contributed by atoms with Crippen LogP contribution < -0.4 is 10.1 Å². The van der Waals surface area contributed by atoms with Crippen LogP contribution in [0.15, 0.2) is 16.7 Å². The van der Waals surface area contributed by atoms with Gasteiger partial charge < -0.3 is 10.1 Å². The molecule has 0 spiro atoms. The molecular formula is C12H16BrFN2O. The summed E-state index contributed by atoms with van der Waals surface area (Å²) in [5.41, 5.74) is 0. The molecule has 1 unspecified atom stereocenters. The van der Waals surface area contributed by atoms with Gasteiger partial charge in [-0.15, -0.1) is 0 Å². The molecule has 1 atom stereocenters. The van der Waals surface area contributed by atoms with E-state index in [0.717, 1.165) is 19.5 Å². The minimum atomic E-state index is -0.416. The van der Waals surface area contributed by atoms with E-state index in [4.69, 9.17) is 4.74 Å². The van der Waals surface area contributed by atoms with Gasteiger partial charge in [-0.25, -0.2) is 9.37 Å². The summed E-state index contributed by atoms with van der Waals surface area (Å²) in [5.74, 6) is 0.320. The molecule has 2 heterocycles. The molecule has 1 saturated heterocycles. The number of halogens is 2. The summed E-state index contributed by atoms with van der Waals surface area (Å²) in [7, 11) is 0. The highest BCUT2D eigenvalue weighted by Gasteiger charge is 2.13. The monoisotopic (exact) mass is 302 g/mol. The number of ether oxygens (including phenoxy) is 1. The van der Waals surface area contributed by atoms with Gasteiger partial charge in [-0.2, -0.15) is 0 Å². The van der Waals surface area contributed by atoms with Crippen molar-refractivity contribution in [3.8, 4) is 5.88 Å². The summed E-state index contributed by atoms with van der Waals surface area (Å²) in [6.45, 7) is 2.68. The van der Waals surface area contributed by atoms with Crippen molar-refractivity contribution >= 4 is 15.9 Å². The molecule has 1 N–H and O–H groups in total. The Labute approximate surface area is 109 Å². The first kappa shape index (κ1) is 12.8. The molecule has 0 bridgehead atoms. The number of hydrogen-bond acceptors (Lipinski definition) is 3. The van der Waals surface area contributed by atoms with E-state index in [1.54, 1.807) is 6.20 Å². The van der Waals surface area contributed by atoms with Crippen molar-refractivity contribution in [3.63, 3.8) is 0 Å². The largest absolute Gasteiger partial charge is 0.476 e. The normalized spacial score (nSPS) is 20.2. The second-order valence-electron chi connectivity index (χ2n) is 4.29. The van der Waals surface area contributed by atoms with Crippen LogP contribution in [0.4, 0.5) is 4.39 Å². The SMILES string of the molecule is Fc1cc(Br)cnc1OCCC1CCCNC1. The van der Waals surface area contributed by atoms with Gasteiger partial charge in [0.25, 0.3) is 0 Å². The lowest BCUT2D eigenvalue weighted by atomic mass is 9.97. The van der Waals surface area contributed by atoms with Crippen molar-refractivity contribution in [2.45, 2.75) is 19.3 Å². The maximum absolute atomic E-state index is 13.4. The van der Waals surface area contributed by atoms with Gasteiger partial charge in [0.1, 0.15) is 0 Å². The number of aromatic nitrogens is 1. The van der Waals surface area contributed by atoms with Gasteiger partial charge in [-0.05, 0) is 60.3 Å². The van der Waals surface area contributed by atoms with Crippen LogP contribution in [0, 0.1) is 11.7 Å². The Morgan fingerprint density at radius 2 is 2.47 bits per heavy atom. The zero-order valence-electron chi connectivity index (χ0n) is 9.59. The molecule has 1 aromatic heterocycles. The molecule has 5 heteroatoms. The summed E-state index contributed by atoms with van der Waals surface area (Å²) in [5, 5.41) is 3.35. The fourth-order valence-corrected chi connectivity index (χ4v) is 2.30. The summed E-state index contributed by atoms with van der Waals surface area (Å²) < 4.78 is 19.4. The van der Waals surface area contributed by atoms with E-state index in [1.165, 1.54) is 18.9 Å². The topological polar surface area (TPSA) is 34.1 Å². The van der Waals surface area contributed by atoms with Crippen molar-refractivity contribution in [2.24, 2.45) is 5.92 Å². The van der Waals surface area contributed by atoms with E-state index in [1.807, 2.05) is 0 Å². The predicted molar refractivity (Wildman–Crippen MR) is 67.6 cm³/mol. The first-order valence-electron chi connectivity index (χ1n) is 5.90. The zero-order valence-corrected chi connectivity index (χ0v) is 11.2. The first-order chi connectivity index (χ1) is 8.25. The molecule has 1 aromatic rings. The van der Waals surface area contributed by atoms with Gasteiger partial charge in [0.2, 0.25) is 5.88 Å². The molecule has 2 rings (SSSR count). The molecule has 1 fully saturated rings. The maximum atomic E-state index is 13.4. The number of rotatable bonds is 4. The molecule has 17 heavy (non-hydrogen) atoms.